The zero-order valence-electron chi connectivity index (χ0n) is 10.5. The largest absolute Gasteiger partial charge is 0.329 e. The van der Waals surface area contributed by atoms with Gasteiger partial charge in [-0.15, -0.1) is 12.4 Å². The van der Waals surface area contributed by atoms with Gasteiger partial charge in [0, 0.05) is 37.4 Å². The molecule has 0 amide bonds. The van der Waals surface area contributed by atoms with E-state index in [0.29, 0.717) is 6.04 Å². The van der Waals surface area contributed by atoms with Crippen molar-refractivity contribution in [3.63, 3.8) is 0 Å². The summed E-state index contributed by atoms with van der Waals surface area (Å²) in [6.07, 6.45) is 8.00. The molecule has 0 aromatic carbocycles. The van der Waals surface area contributed by atoms with Gasteiger partial charge < -0.3 is 5.73 Å². The summed E-state index contributed by atoms with van der Waals surface area (Å²) in [6, 6.07) is 0.568. The van der Waals surface area contributed by atoms with Crippen LogP contribution in [0.2, 0.25) is 0 Å². The number of likely N-dealkylation sites (tertiary alicyclic amines) is 1. The minimum atomic E-state index is 0. The van der Waals surface area contributed by atoms with Crippen LogP contribution in [0, 0.1) is 0 Å². The Bertz CT molecular complexity index is 326. The molecule has 98 valence electrons. The maximum atomic E-state index is 5.82. The fraction of sp³-hybridized carbons (Fsp3) is 0.750. The quantitative estimate of drug-likeness (QED) is 0.893. The maximum Gasteiger partial charge on any atom is 0.0534 e. The van der Waals surface area contributed by atoms with Gasteiger partial charge in [-0.05, 0) is 26.3 Å². The zero-order valence-corrected chi connectivity index (χ0v) is 11.3. The monoisotopic (exact) mass is 258 g/mol. The van der Waals surface area contributed by atoms with Crippen LogP contribution < -0.4 is 5.73 Å². The van der Waals surface area contributed by atoms with Crippen LogP contribution in [-0.4, -0.2) is 33.8 Å². The van der Waals surface area contributed by atoms with E-state index in [9.17, 15) is 0 Å². The molecule has 0 radical (unpaired) electrons. The van der Waals surface area contributed by atoms with Gasteiger partial charge in [-0.2, -0.15) is 5.10 Å². The molecule has 2 heterocycles. The van der Waals surface area contributed by atoms with Gasteiger partial charge >= 0.3 is 0 Å². The minimum Gasteiger partial charge on any atom is -0.329 e. The summed E-state index contributed by atoms with van der Waals surface area (Å²) in [4.78, 5) is 2.50. The predicted octanol–water partition coefficient (Wildman–Crippen LogP) is 1.64. The fourth-order valence-corrected chi connectivity index (χ4v) is 2.43. The third-order valence-electron chi connectivity index (χ3n) is 3.42. The van der Waals surface area contributed by atoms with Crippen molar-refractivity contribution in [3.8, 4) is 0 Å². The van der Waals surface area contributed by atoms with Crippen molar-refractivity contribution in [2.24, 2.45) is 5.73 Å². The summed E-state index contributed by atoms with van der Waals surface area (Å²) >= 11 is 0. The summed E-state index contributed by atoms with van der Waals surface area (Å²) in [6.45, 7) is 6.02. The van der Waals surface area contributed by atoms with E-state index in [1.54, 1.807) is 0 Å². The SMILES string of the molecule is CCn1cc(CN2CCCCC2CN)cn1.Cl. The number of piperidine rings is 1. The molecule has 1 aromatic rings. The third kappa shape index (κ3) is 3.69. The Balaban J connectivity index is 0.00000144. The van der Waals surface area contributed by atoms with Crippen LogP contribution >= 0.6 is 12.4 Å². The van der Waals surface area contributed by atoms with Crippen LogP contribution in [0.1, 0.15) is 31.7 Å². The third-order valence-corrected chi connectivity index (χ3v) is 3.42. The minimum absolute atomic E-state index is 0. The molecule has 0 spiro atoms. The number of nitrogens with zero attached hydrogens (tertiary/aromatic N) is 3. The Morgan fingerprint density at radius 2 is 2.29 bits per heavy atom. The topological polar surface area (TPSA) is 47.1 Å². The van der Waals surface area contributed by atoms with E-state index in [4.69, 9.17) is 5.73 Å². The van der Waals surface area contributed by atoms with Crippen molar-refractivity contribution < 1.29 is 0 Å². The van der Waals surface area contributed by atoms with Crippen LogP contribution in [0.4, 0.5) is 0 Å². The molecule has 1 saturated heterocycles. The molecule has 2 rings (SSSR count). The number of aryl methyl sites for hydroxylation is 1. The Labute approximate surface area is 110 Å². The number of aromatic nitrogens is 2. The smallest absolute Gasteiger partial charge is 0.0534 e. The summed E-state index contributed by atoms with van der Waals surface area (Å²) in [5.74, 6) is 0. The number of hydrogen-bond acceptors (Lipinski definition) is 3. The van der Waals surface area contributed by atoms with E-state index >= 15 is 0 Å². The molecule has 1 aliphatic heterocycles. The lowest BCUT2D eigenvalue weighted by molar-refractivity contribution is 0.145. The lowest BCUT2D eigenvalue weighted by Gasteiger charge is -2.34. The van der Waals surface area contributed by atoms with Gasteiger partial charge in [0.05, 0.1) is 6.20 Å². The lowest BCUT2D eigenvalue weighted by Crippen LogP contribution is -2.43. The zero-order chi connectivity index (χ0) is 11.4. The normalized spacial score (nSPS) is 21.2. The highest BCUT2D eigenvalue weighted by Crippen LogP contribution is 2.18. The van der Waals surface area contributed by atoms with Gasteiger partial charge in [0.2, 0.25) is 0 Å². The molecule has 0 aliphatic carbocycles. The number of halogens is 1. The van der Waals surface area contributed by atoms with Crippen molar-refractivity contribution >= 4 is 12.4 Å². The highest BCUT2D eigenvalue weighted by Gasteiger charge is 2.21. The molecule has 1 aromatic heterocycles. The first-order chi connectivity index (χ1) is 7.83. The number of rotatable bonds is 4. The van der Waals surface area contributed by atoms with Crippen molar-refractivity contribution in [1.29, 1.82) is 0 Å². The lowest BCUT2D eigenvalue weighted by atomic mass is 10.0. The molecule has 1 fully saturated rings. The highest BCUT2D eigenvalue weighted by atomic mass is 35.5. The summed E-state index contributed by atoms with van der Waals surface area (Å²) < 4.78 is 1.98. The van der Waals surface area contributed by atoms with Gasteiger partial charge in [0.15, 0.2) is 0 Å². The summed E-state index contributed by atoms with van der Waals surface area (Å²) in [7, 11) is 0. The van der Waals surface area contributed by atoms with Gasteiger partial charge in [0.25, 0.3) is 0 Å². The standard InChI is InChI=1S/C12H22N4.ClH/c1-2-16-10-11(8-14-16)9-15-6-4-3-5-12(15)7-13;/h8,10,12H,2-7,9,13H2,1H3;1H. The van der Waals surface area contributed by atoms with Crippen molar-refractivity contribution in [1.82, 2.24) is 14.7 Å². The fourth-order valence-electron chi connectivity index (χ4n) is 2.43. The van der Waals surface area contributed by atoms with Crippen LogP contribution in [0.5, 0.6) is 0 Å². The second kappa shape index (κ2) is 6.99. The summed E-state index contributed by atoms with van der Waals surface area (Å²) in [5, 5.41) is 4.31. The van der Waals surface area contributed by atoms with E-state index in [1.165, 1.54) is 31.4 Å². The van der Waals surface area contributed by atoms with Gasteiger partial charge in [-0.1, -0.05) is 6.42 Å². The molecular weight excluding hydrogens is 236 g/mol. The highest BCUT2D eigenvalue weighted by molar-refractivity contribution is 5.85. The van der Waals surface area contributed by atoms with Crippen LogP contribution in [0.25, 0.3) is 0 Å². The molecule has 4 nitrogen and oxygen atoms in total. The Morgan fingerprint density at radius 3 is 2.94 bits per heavy atom. The van der Waals surface area contributed by atoms with Crippen molar-refractivity contribution in [2.45, 2.75) is 45.3 Å². The number of nitrogens with two attached hydrogens (primary N) is 1. The molecule has 17 heavy (non-hydrogen) atoms. The van der Waals surface area contributed by atoms with Gasteiger partial charge in [-0.3, -0.25) is 9.58 Å². The van der Waals surface area contributed by atoms with E-state index in [0.717, 1.165) is 19.6 Å². The first-order valence-corrected chi connectivity index (χ1v) is 6.29. The van der Waals surface area contributed by atoms with Gasteiger partial charge in [-0.25, -0.2) is 0 Å². The molecule has 5 heteroatoms. The maximum absolute atomic E-state index is 5.82. The average Bonchev–Trinajstić information content (AvgIpc) is 2.77. The van der Waals surface area contributed by atoms with Gasteiger partial charge in [0.1, 0.15) is 0 Å². The Hall–Kier alpha value is -0.580. The average molecular weight is 259 g/mol. The molecular formula is C12H23ClN4. The Morgan fingerprint density at radius 1 is 1.47 bits per heavy atom. The first kappa shape index (κ1) is 14.5. The van der Waals surface area contributed by atoms with E-state index in [2.05, 4.69) is 23.1 Å². The second-order valence-electron chi connectivity index (χ2n) is 4.56. The Kier molecular flexibility index (Phi) is 5.95. The molecule has 1 atom stereocenters. The van der Waals surface area contributed by atoms with Crippen molar-refractivity contribution in [3.05, 3.63) is 18.0 Å². The summed E-state index contributed by atoms with van der Waals surface area (Å²) in [5.41, 5.74) is 7.12. The molecule has 2 N–H and O–H groups in total. The molecule has 1 unspecified atom stereocenters. The molecule has 0 saturated carbocycles. The molecule has 1 aliphatic rings. The second-order valence-corrected chi connectivity index (χ2v) is 4.56. The molecule has 0 bridgehead atoms. The predicted molar refractivity (Wildman–Crippen MR) is 72.3 cm³/mol. The van der Waals surface area contributed by atoms with Crippen LogP contribution in [0.15, 0.2) is 12.4 Å². The van der Waals surface area contributed by atoms with E-state index < -0.39 is 0 Å². The first-order valence-electron chi connectivity index (χ1n) is 6.29. The van der Waals surface area contributed by atoms with Crippen LogP contribution in [0.3, 0.4) is 0 Å². The van der Waals surface area contributed by atoms with E-state index in [-0.39, 0.29) is 12.4 Å². The van der Waals surface area contributed by atoms with Crippen molar-refractivity contribution in [2.75, 3.05) is 13.1 Å². The number of hydrogen-bond donors (Lipinski definition) is 1. The van der Waals surface area contributed by atoms with E-state index in [1.807, 2.05) is 10.9 Å². The van der Waals surface area contributed by atoms with Crippen LogP contribution in [-0.2, 0) is 13.1 Å².